The number of nitrogens with zero attached hydrogens (tertiary/aromatic N) is 3. The number of aryl methyl sites for hydroxylation is 2. The summed E-state index contributed by atoms with van der Waals surface area (Å²) in [6.45, 7) is 3.41. The third kappa shape index (κ3) is 4.60. The van der Waals surface area contributed by atoms with Crippen molar-refractivity contribution >= 4 is 21.4 Å². The Morgan fingerprint density at radius 2 is 2.29 bits per heavy atom. The Labute approximate surface area is 128 Å². The van der Waals surface area contributed by atoms with Crippen LogP contribution in [0.25, 0.3) is 0 Å². The molecule has 3 N–H and O–H groups in total. The van der Waals surface area contributed by atoms with Crippen molar-refractivity contribution in [2.75, 3.05) is 13.1 Å². The highest BCUT2D eigenvalue weighted by Crippen LogP contribution is 2.10. The number of hydrogen-bond acceptors (Lipinski definition) is 6. The first-order chi connectivity index (χ1) is 10.0. The van der Waals surface area contributed by atoms with Gasteiger partial charge in [-0.3, -0.25) is 4.68 Å². The van der Waals surface area contributed by atoms with Crippen LogP contribution >= 0.6 is 11.3 Å². The Balaban J connectivity index is 1.90. The summed E-state index contributed by atoms with van der Waals surface area (Å²) in [7, 11) is -3.52. The largest absolute Gasteiger partial charge is 0.330 e. The first-order valence-corrected chi connectivity index (χ1v) is 9.01. The molecule has 116 valence electrons. The van der Waals surface area contributed by atoms with Crippen LogP contribution in [-0.2, 0) is 23.0 Å². The van der Waals surface area contributed by atoms with Crippen molar-refractivity contribution in [3.8, 4) is 0 Å². The molecule has 9 heteroatoms. The van der Waals surface area contributed by atoms with Crippen molar-refractivity contribution in [1.82, 2.24) is 19.5 Å². The molecular weight excluding hydrogens is 310 g/mol. The maximum Gasteiger partial charge on any atom is 0.243 e. The van der Waals surface area contributed by atoms with Crippen molar-refractivity contribution < 1.29 is 8.42 Å². The minimum absolute atomic E-state index is 0.175. The van der Waals surface area contributed by atoms with Crippen molar-refractivity contribution in [3.63, 3.8) is 0 Å². The van der Waals surface area contributed by atoms with Crippen molar-refractivity contribution in [2.45, 2.75) is 31.2 Å². The average molecular weight is 329 g/mol. The number of hydrogen-bond donors (Lipinski definition) is 2. The number of nitrogens with one attached hydrogen (secondary N) is 1. The van der Waals surface area contributed by atoms with Gasteiger partial charge in [0.1, 0.15) is 4.90 Å². The molecule has 0 amide bonds. The second-order valence-electron chi connectivity index (χ2n) is 4.59. The van der Waals surface area contributed by atoms with E-state index in [0.717, 1.165) is 17.1 Å². The molecule has 2 rings (SSSR count). The number of nitrogens with two attached hydrogens (primary N) is 1. The van der Waals surface area contributed by atoms with E-state index in [1.807, 2.05) is 12.3 Å². The molecule has 0 bridgehead atoms. The van der Waals surface area contributed by atoms with Gasteiger partial charge in [-0.15, -0.1) is 11.3 Å². The second kappa shape index (κ2) is 7.12. The maximum atomic E-state index is 12.1. The molecule has 0 spiro atoms. The molecule has 2 aromatic heterocycles. The van der Waals surface area contributed by atoms with Crippen LogP contribution in [0.4, 0.5) is 0 Å². The number of thiazole rings is 1. The molecule has 0 aliphatic rings. The first kappa shape index (κ1) is 16.1. The molecule has 7 nitrogen and oxygen atoms in total. The lowest BCUT2D eigenvalue weighted by Crippen LogP contribution is -2.25. The number of sulfonamides is 1. The highest BCUT2D eigenvalue weighted by atomic mass is 32.2. The van der Waals surface area contributed by atoms with Crippen LogP contribution < -0.4 is 10.5 Å². The van der Waals surface area contributed by atoms with E-state index in [1.165, 1.54) is 12.4 Å². The van der Waals surface area contributed by atoms with E-state index >= 15 is 0 Å². The fourth-order valence-electron chi connectivity index (χ4n) is 1.78. The van der Waals surface area contributed by atoms with Crippen LogP contribution in [0.15, 0.2) is 22.7 Å². The monoisotopic (exact) mass is 329 g/mol. The van der Waals surface area contributed by atoms with Gasteiger partial charge in [0.2, 0.25) is 10.0 Å². The van der Waals surface area contributed by atoms with Gasteiger partial charge in [-0.25, -0.2) is 18.1 Å². The molecule has 0 aliphatic carbocycles. The summed E-state index contributed by atoms with van der Waals surface area (Å²) >= 11 is 1.56. The van der Waals surface area contributed by atoms with Crippen LogP contribution in [0.2, 0.25) is 0 Å². The standard InChI is InChI=1S/C12H19N5O2S2/c1-10-16-11(9-20-10)3-5-15-21(18,19)12-7-14-17(8-12)6-2-4-13/h7-9,15H,2-6,13H2,1H3. The molecule has 21 heavy (non-hydrogen) atoms. The fraction of sp³-hybridized carbons (Fsp3) is 0.500. The van der Waals surface area contributed by atoms with Gasteiger partial charge in [-0.1, -0.05) is 0 Å². The zero-order chi connectivity index (χ0) is 15.3. The molecule has 0 saturated carbocycles. The Kier molecular flexibility index (Phi) is 5.45. The summed E-state index contributed by atoms with van der Waals surface area (Å²) in [5.74, 6) is 0. The normalized spacial score (nSPS) is 11.9. The zero-order valence-corrected chi connectivity index (χ0v) is 13.5. The Bertz CT molecular complexity index is 677. The van der Waals surface area contributed by atoms with E-state index in [2.05, 4.69) is 14.8 Å². The summed E-state index contributed by atoms with van der Waals surface area (Å²) in [6.07, 6.45) is 4.21. The molecule has 0 fully saturated rings. The maximum absolute atomic E-state index is 12.1. The topological polar surface area (TPSA) is 103 Å². The molecule has 0 atom stereocenters. The quantitative estimate of drug-likeness (QED) is 0.735. The molecule has 0 unspecified atom stereocenters. The molecule has 0 aliphatic heterocycles. The third-order valence-corrected chi connectivity index (χ3v) is 5.09. The van der Waals surface area contributed by atoms with E-state index in [1.54, 1.807) is 16.0 Å². The van der Waals surface area contributed by atoms with Crippen molar-refractivity contribution in [3.05, 3.63) is 28.5 Å². The van der Waals surface area contributed by atoms with E-state index in [4.69, 9.17) is 5.73 Å². The summed E-state index contributed by atoms with van der Waals surface area (Å²) in [6, 6.07) is 0. The van der Waals surface area contributed by atoms with Crippen LogP contribution in [0.1, 0.15) is 17.1 Å². The minimum Gasteiger partial charge on any atom is -0.330 e. The Morgan fingerprint density at radius 3 is 2.95 bits per heavy atom. The smallest absolute Gasteiger partial charge is 0.243 e. The highest BCUT2D eigenvalue weighted by Gasteiger charge is 2.16. The van der Waals surface area contributed by atoms with Gasteiger partial charge >= 0.3 is 0 Å². The van der Waals surface area contributed by atoms with E-state index in [-0.39, 0.29) is 4.90 Å². The molecular formula is C12H19N5O2S2. The number of rotatable bonds is 8. The van der Waals surface area contributed by atoms with Gasteiger partial charge in [0.15, 0.2) is 0 Å². The molecule has 2 heterocycles. The molecule has 0 aromatic carbocycles. The summed E-state index contributed by atoms with van der Waals surface area (Å²) in [5, 5.41) is 6.94. The van der Waals surface area contributed by atoms with Crippen LogP contribution in [0, 0.1) is 6.92 Å². The summed E-state index contributed by atoms with van der Waals surface area (Å²) in [5.41, 5.74) is 6.32. The average Bonchev–Trinajstić information content (AvgIpc) is 3.06. The molecule has 2 aromatic rings. The van der Waals surface area contributed by atoms with Crippen molar-refractivity contribution in [2.24, 2.45) is 5.73 Å². The zero-order valence-electron chi connectivity index (χ0n) is 11.8. The van der Waals surface area contributed by atoms with E-state index in [0.29, 0.717) is 26.1 Å². The molecule has 0 radical (unpaired) electrons. The summed E-state index contributed by atoms with van der Waals surface area (Å²) in [4.78, 5) is 4.47. The predicted octanol–water partition coefficient (Wildman–Crippen LogP) is 0.518. The Hall–Kier alpha value is -1.29. The van der Waals surface area contributed by atoms with Crippen LogP contribution in [0.5, 0.6) is 0 Å². The Morgan fingerprint density at radius 1 is 1.48 bits per heavy atom. The second-order valence-corrected chi connectivity index (χ2v) is 7.42. The number of aromatic nitrogens is 3. The van der Waals surface area contributed by atoms with E-state index in [9.17, 15) is 8.42 Å². The lowest BCUT2D eigenvalue weighted by molar-refractivity contribution is 0.576. The van der Waals surface area contributed by atoms with Gasteiger partial charge < -0.3 is 5.73 Å². The third-order valence-electron chi connectivity index (χ3n) is 2.85. The van der Waals surface area contributed by atoms with Crippen LogP contribution in [0.3, 0.4) is 0 Å². The van der Waals surface area contributed by atoms with Gasteiger partial charge in [0.05, 0.1) is 16.9 Å². The minimum atomic E-state index is -3.52. The first-order valence-electron chi connectivity index (χ1n) is 6.64. The van der Waals surface area contributed by atoms with Crippen molar-refractivity contribution in [1.29, 1.82) is 0 Å². The predicted molar refractivity (Wildman–Crippen MR) is 81.6 cm³/mol. The SMILES string of the molecule is Cc1nc(CCNS(=O)(=O)c2cnn(CCCN)c2)cs1. The van der Waals surface area contributed by atoms with Gasteiger partial charge in [0.25, 0.3) is 0 Å². The molecule has 0 saturated heterocycles. The fourth-order valence-corrected chi connectivity index (χ4v) is 3.41. The van der Waals surface area contributed by atoms with E-state index < -0.39 is 10.0 Å². The van der Waals surface area contributed by atoms with Gasteiger partial charge in [0, 0.05) is 31.1 Å². The van der Waals surface area contributed by atoms with Gasteiger partial charge in [-0.2, -0.15) is 5.10 Å². The lowest BCUT2D eigenvalue weighted by Gasteiger charge is -2.03. The highest BCUT2D eigenvalue weighted by molar-refractivity contribution is 7.89. The summed E-state index contributed by atoms with van der Waals surface area (Å²) < 4.78 is 28.4. The van der Waals surface area contributed by atoms with Gasteiger partial charge in [-0.05, 0) is 19.9 Å². The lowest BCUT2D eigenvalue weighted by atomic mass is 10.3. The van der Waals surface area contributed by atoms with Crippen LogP contribution in [-0.4, -0.2) is 36.3 Å².